The summed E-state index contributed by atoms with van der Waals surface area (Å²) < 4.78 is 4.09. The van der Waals surface area contributed by atoms with Crippen LogP contribution < -0.4 is 0 Å². The number of hydrogen-bond acceptors (Lipinski definition) is 12. The normalized spacial score (nSPS) is 10.8. The molecule has 0 aliphatic heterocycles. The van der Waals surface area contributed by atoms with Crippen LogP contribution in [-0.4, -0.2) is 134 Å². The fraction of sp³-hybridized carbons (Fsp3) is 0.952. The van der Waals surface area contributed by atoms with Crippen molar-refractivity contribution >= 4 is 175 Å². The zero-order chi connectivity index (χ0) is 107. The van der Waals surface area contributed by atoms with Gasteiger partial charge in [0.1, 0.15) is 0 Å². The maximum Gasteiger partial charge on any atom is 0.0162 e. The summed E-state index contributed by atoms with van der Waals surface area (Å²) in [5.41, 5.74) is 0. The first-order valence-electron chi connectivity index (χ1n) is 64.1. The summed E-state index contributed by atoms with van der Waals surface area (Å²) in [5.74, 6) is 0. The van der Waals surface area contributed by atoms with Gasteiger partial charge in [-0.2, -0.15) is 0 Å². The van der Waals surface area contributed by atoms with E-state index in [0.29, 0.717) is 25.9 Å². The molecule has 0 unspecified atom stereocenters. The summed E-state index contributed by atoms with van der Waals surface area (Å²) in [4.78, 5) is 13.6. The molecule has 0 aromatic heterocycles. The van der Waals surface area contributed by atoms with Crippen LogP contribution in [0.1, 0.15) is 699 Å². The van der Waals surface area contributed by atoms with Crippen LogP contribution in [0.3, 0.4) is 0 Å². The minimum Gasteiger partial charge on any atom is -0.411 e. The monoisotopic (exact) mass is 2330 g/mol. The number of hydrogen-bond donors (Lipinski definition) is 0. The Morgan fingerprint density at radius 2 is 0.152 bits per heavy atom. The van der Waals surface area contributed by atoms with E-state index < -0.39 is 0 Å². The summed E-state index contributed by atoms with van der Waals surface area (Å²) >= 11 is 63.1. The Hall–Kier alpha value is 1.35. The molecule has 0 aliphatic carbocycles. The van der Waals surface area contributed by atoms with Crippen molar-refractivity contribution in [1.29, 1.82) is 0 Å². The average molecular weight is 2330 g/mol. The third-order valence-electron chi connectivity index (χ3n) is 28.9. The van der Waals surface area contributed by atoms with Crippen molar-refractivity contribution in [2.45, 2.75) is 699 Å². The Bertz CT molecular complexity index is 1920. The fourth-order valence-electron chi connectivity index (χ4n) is 19.0. The number of unbranched alkanes of at least 4 members (excludes halogenated alkanes) is 84. The predicted octanol–water partition coefficient (Wildman–Crippen LogP) is 44.4. The van der Waals surface area contributed by atoms with Crippen LogP contribution in [0.4, 0.5) is 0 Å². The minimum atomic E-state index is 0. The molecule has 0 N–H and O–H groups in total. The summed E-state index contributed by atoms with van der Waals surface area (Å²) in [6.45, 7) is 40.2. The van der Waals surface area contributed by atoms with Gasteiger partial charge < -0.3 is 178 Å². The Morgan fingerprint density at radius 1 is 0.103 bits per heavy atom. The van der Waals surface area contributed by atoms with Crippen LogP contribution in [0.5, 0.6) is 0 Å². The molecule has 0 saturated heterocycles. The maximum atomic E-state index is 5.25. The average Bonchev–Trinajstić information content (AvgIpc) is 0.991. The zero-order valence-corrected chi connectivity index (χ0v) is 111. The SMILES string of the molecule is CCCCCCCCCCN(CCCCCCCCCC)C(=S)[S-].CCCCCCCCCCN(CCCCCCCCCC)C(=S)[S-].CCCCCCCCCCN(CCCCCCCCCC)C(=S)[S-].CCCCCCCCCCN(CCCCCCCCCC)C(=S)[S-].CCCCCCCCCCN(CCCCCCCCCC)C(=S)[S-].CCCCCCCCCCN(CCCCCCCCCC)C(=S)[S-].[Mo]. The van der Waals surface area contributed by atoms with Crippen LogP contribution in [0.2, 0.25) is 0 Å². The first kappa shape index (κ1) is 159. The van der Waals surface area contributed by atoms with E-state index in [0.717, 1.165) is 78.5 Å². The third-order valence-corrected chi connectivity index (χ3v) is 32.0. The van der Waals surface area contributed by atoms with E-state index in [4.69, 9.17) is 149 Å². The molecule has 870 valence electrons. The van der Waals surface area contributed by atoms with Crippen molar-refractivity contribution in [3.8, 4) is 0 Å². The second-order valence-electron chi connectivity index (χ2n) is 43.2. The second-order valence-corrected chi connectivity index (χ2v) is 49.4. The van der Waals surface area contributed by atoms with Crippen LogP contribution >= 0.6 is 73.3 Å². The van der Waals surface area contributed by atoms with Crippen LogP contribution in [0.25, 0.3) is 0 Å². The van der Waals surface area contributed by atoms with Gasteiger partial charge in [0.25, 0.3) is 0 Å². The van der Waals surface area contributed by atoms with Gasteiger partial charge in [-0.15, -0.1) is 0 Å². The van der Waals surface area contributed by atoms with Gasteiger partial charge in [0.05, 0.1) is 0 Å². The van der Waals surface area contributed by atoms with Crippen molar-refractivity contribution in [1.82, 2.24) is 29.4 Å². The molecule has 0 amide bonds. The van der Waals surface area contributed by atoms with Gasteiger partial charge in [-0.1, -0.05) is 648 Å². The molecule has 19 heteroatoms. The van der Waals surface area contributed by atoms with E-state index in [9.17, 15) is 0 Å². The largest absolute Gasteiger partial charge is 0.411 e. The Balaban J connectivity index is -0.000000315. The molecule has 0 bridgehead atoms. The van der Waals surface area contributed by atoms with E-state index >= 15 is 0 Å². The Morgan fingerprint density at radius 3 is 0.200 bits per heavy atom. The van der Waals surface area contributed by atoms with Crippen LogP contribution in [-0.2, 0) is 96.8 Å². The molecule has 0 rings (SSSR count). The standard InChI is InChI=1S/6C21H43NS2.Mo/c6*1-3-5-7-9-11-13-15-17-19-22(21(23)24)20-18-16-14-12-10-8-6-4-2;/h6*3-20H2,1-2H3,(H,23,24);/p-6. The van der Waals surface area contributed by atoms with Crippen molar-refractivity contribution in [3.05, 3.63) is 0 Å². The van der Waals surface area contributed by atoms with E-state index in [1.807, 2.05) is 0 Å². The minimum absolute atomic E-state index is 0. The third kappa shape index (κ3) is 141. The second kappa shape index (κ2) is 143. The summed E-state index contributed by atoms with van der Waals surface area (Å²) in [6, 6.07) is 0. The van der Waals surface area contributed by atoms with Crippen LogP contribution in [0.15, 0.2) is 0 Å². The van der Waals surface area contributed by atoms with Crippen molar-refractivity contribution in [2.75, 3.05) is 78.5 Å². The smallest absolute Gasteiger partial charge is 0.0162 e. The summed E-state index contributed by atoms with van der Waals surface area (Å²) in [7, 11) is 0. The fourth-order valence-corrected chi connectivity index (χ4v) is 21.2. The van der Waals surface area contributed by atoms with Gasteiger partial charge >= 0.3 is 0 Å². The van der Waals surface area contributed by atoms with E-state index in [1.165, 1.54) is 616 Å². The van der Waals surface area contributed by atoms with Crippen molar-refractivity contribution in [3.63, 3.8) is 0 Å². The Kier molecular flexibility index (Phi) is 157. The van der Waals surface area contributed by atoms with Gasteiger partial charge in [0.15, 0.2) is 0 Å². The van der Waals surface area contributed by atoms with Gasteiger partial charge in [-0.05, 0) is 77.0 Å². The predicted molar refractivity (Wildman–Crippen MR) is 701 cm³/mol. The van der Waals surface area contributed by atoms with Crippen molar-refractivity contribution < 1.29 is 21.1 Å². The molecule has 0 atom stereocenters. The summed E-state index contributed by atoms with van der Waals surface area (Å²) in [5, 5.41) is 0. The number of thiocarbonyl (C=S) groups is 6. The molecule has 0 saturated carbocycles. The topological polar surface area (TPSA) is 19.4 Å². The molecule has 0 aromatic carbocycles. The van der Waals surface area contributed by atoms with E-state index in [-0.39, 0.29) is 21.1 Å². The molecular weight excluding hydrogens is 2080 g/mol. The maximum absolute atomic E-state index is 5.25. The van der Waals surface area contributed by atoms with E-state index in [2.05, 4.69) is 112 Å². The molecule has 0 heterocycles. The Labute approximate surface area is 993 Å². The van der Waals surface area contributed by atoms with Crippen molar-refractivity contribution in [2.24, 2.45) is 0 Å². The first-order valence-corrected chi connectivity index (χ1v) is 69.0. The molecule has 0 fully saturated rings. The molecule has 0 aliphatic rings. The summed E-state index contributed by atoms with van der Waals surface area (Å²) in [6.07, 6.45) is 131. The molecule has 0 spiro atoms. The van der Waals surface area contributed by atoms with Gasteiger partial charge in [-0.3, -0.25) is 0 Å². The van der Waals surface area contributed by atoms with Gasteiger partial charge in [0, 0.05) is 99.6 Å². The molecule has 0 radical (unpaired) electrons. The van der Waals surface area contributed by atoms with Crippen LogP contribution in [0, 0.1) is 0 Å². The zero-order valence-electron chi connectivity index (χ0n) is 99.4. The molecular formula is C126H252MoN6S12-6. The van der Waals surface area contributed by atoms with E-state index in [1.54, 1.807) is 0 Å². The van der Waals surface area contributed by atoms with Gasteiger partial charge in [0.2, 0.25) is 0 Å². The number of rotatable bonds is 108. The molecule has 145 heavy (non-hydrogen) atoms. The number of nitrogens with zero attached hydrogens (tertiary/aromatic N) is 6. The quantitative estimate of drug-likeness (QED) is 0.0249. The first-order chi connectivity index (χ1) is 70.3. The molecule has 0 aromatic rings. The molecule has 6 nitrogen and oxygen atoms in total. The van der Waals surface area contributed by atoms with Gasteiger partial charge in [-0.25, -0.2) is 0 Å².